The molecule has 0 aliphatic carbocycles. The minimum atomic E-state index is -1.10. The molecule has 0 N–H and O–H groups in total. The summed E-state index contributed by atoms with van der Waals surface area (Å²) in [5.74, 6) is -1.31. The Kier molecular flexibility index (Phi) is 4.38. The van der Waals surface area contributed by atoms with Gasteiger partial charge in [-0.3, -0.25) is 4.79 Å². The predicted molar refractivity (Wildman–Crippen MR) is 100 cm³/mol. The minimum absolute atomic E-state index is 0.0255. The number of benzene rings is 2. The molecule has 4 nitrogen and oxygen atoms in total. The fourth-order valence-corrected chi connectivity index (χ4v) is 3.64. The smallest absolute Gasteiger partial charge is 0.281 e. The first-order chi connectivity index (χ1) is 13.0. The van der Waals surface area contributed by atoms with E-state index in [1.807, 2.05) is 31.2 Å². The van der Waals surface area contributed by atoms with Crippen LogP contribution in [0.25, 0.3) is 0 Å². The van der Waals surface area contributed by atoms with Crippen molar-refractivity contribution in [2.75, 3.05) is 13.1 Å². The van der Waals surface area contributed by atoms with Gasteiger partial charge in [0.1, 0.15) is 5.82 Å². The summed E-state index contributed by atoms with van der Waals surface area (Å²) >= 11 is 0. The van der Waals surface area contributed by atoms with Crippen molar-refractivity contribution in [3.63, 3.8) is 0 Å². The number of hydrogen-bond donors (Lipinski definition) is 0. The number of nitrogens with zero attached hydrogens (tertiary/aromatic N) is 1. The number of carbonyl (C=O) groups is 1. The molecule has 2 aromatic carbocycles. The number of hydrogen-bond acceptors (Lipinski definition) is 3. The number of halogens is 1. The summed E-state index contributed by atoms with van der Waals surface area (Å²) in [5.41, 5.74) is 1.96. The second-order valence-electron chi connectivity index (χ2n) is 7.09. The summed E-state index contributed by atoms with van der Waals surface area (Å²) in [6.45, 7) is 7.12. The maximum atomic E-state index is 14.6. The van der Waals surface area contributed by atoms with E-state index in [1.54, 1.807) is 11.0 Å². The highest BCUT2D eigenvalue weighted by Gasteiger charge is 2.43. The van der Waals surface area contributed by atoms with Crippen molar-refractivity contribution in [3.8, 4) is 11.5 Å². The van der Waals surface area contributed by atoms with Gasteiger partial charge in [-0.25, -0.2) is 4.39 Å². The van der Waals surface area contributed by atoms with Gasteiger partial charge in [0.2, 0.25) is 0 Å². The molecule has 0 saturated carbocycles. The molecule has 2 aliphatic heterocycles. The predicted octanol–water partition coefficient (Wildman–Crippen LogP) is 4.57. The summed E-state index contributed by atoms with van der Waals surface area (Å²) < 4.78 is 26.8. The normalized spacial score (nSPS) is 20.7. The number of rotatable bonds is 4. The van der Waals surface area contributed by atoms with Crippen LogP contribution in [0.2, 0.25) is 0 Å². The van der Waals surface area contributed by atoms with E-state index in [0.29, 0.717) is 31.0 Å². The lowest BCUT2D eigenvalue weighted by molar-refractivity contribution is -0.0832. The summed E-state index contributed by atoms with van der Waals surface area (Å²) in [4.78, 5) is 14.3. The van der Waals surface area contributed by atoms with Gasteiger partial charge in [0, 0.05) is 31.1 Å². The van der Waals surface area contributed by atoms with E-state index in [2.05, 4.69) is 6.58 Å². The van der Waals surface area contributed by atoms with E-state index in [9.17, 15) is 9.18 Å². The van der Waals surface area contributed by atoms with Gasteiger partial charge in [0.15, 0.2) is 11.5 Å². The highest BCUT2D eigenvalue weighted by molar-refractivity contribution is 5.95. The SMILES string of the molecule is C=CCC1(c2ccc(C)cc2)Oc2cc(F)c(C(=O)N3CCCC3)cc2O1. The number of amides is 1. The van der Waals surface area contributed by atoms with Gasteiger partial charge < -0.3 is 14.4 Å². The molecule has 0 radical (unpaired) electrons. The molecule has 0 bridgehead atoms. The van der Waals surface area contributed by atoms with Gasteiger partial charge >= 0.3 is 0 Å². The van der Waals surface area contributed by atoms with Gasteiger partial charge in [0.25, 0.3) is 11.7 Å². The van der Waals surface area contributed by atoms with Gasteiger partial charge in [-0.15, -0.1) is 6.58 Å². The van der Waals surface area contributed by atoms with E-state index in [1.165, 1.54) is 12.1 Å². The molecule has 2 aromatic rings. The van der Waals surface area contributed by atoms with Crippen LogP contribution in [0, 0.1) is 12.7 Å². The van der Waals surface area contributed by atoms with Crippen LogP contribution in [0.1, 0.15) is 40.7 Å². The van der Waals surface area contributed by atoms with Crippen molar-refractivity contribution < 1.29 is 18.7 Å². The van der Waals surface area contributed by atoms with E-state index in [0.717, 1.165) is 24.0 Å². The third-order valence-electron chi connectivity index (χ3n) is 5.11. The Bertz CT molecular complexity index is 887. The zero-order chi connectivity index (χ0) is 19.0. The average molecular weight is 367 g/mol. The Hall–Kier alpha value is -2.82. The van der Waals surface area contributed by atoms with Crippen LogP contribution < -0.4 is 9.47 Å². The fourth-order valence-electron chi connectivity index (χ4n) is 3.64. The van der Waals surface area contributed by atoms with Crippen LogP contribution in [0.15, 0.2) is 49.1 Å². The second kappa shape index (κ2) is 6.72. The molecule has 0 aromatic heterocycles. The van der Waals surface area contributed by atoms with Gasteiger partial charge in [-0.1, -0.05) is 35.9 Å². The minimum Gasteiger partial charge on any atom is -0.444 e. The first kappa shape index (κ1) is 17.6. The first-order valence-electron chi connectivity index (χ1n) is 9.21. The molecular weight excluding hydrogens is 345 g/mol. The number of fused-ring (bicyclic) bond motifs is 1. The van der Waals surface area contributed by atoms with Crippen molar-refractivity contribution in [2.24, 2.45) is 0 Å². The number of carbonyl (C=O) groups excluding carboxylic acids is 1. The van der Waals surface area contributed by atoms with Crippen LogP contribution in [-0.4, -0.2) is 23.9 Å². The third-order valence-corrected chi connectivity index (χ3v) is 5.11. The number of aryl methyl sites for hydroxylation is 1. The molecule has 0 spiro atoms. The lowest BCUT2D eigenvalue weighted by Crippen LogP contribution is -2.34. The van der Waals surface area contributed by atoms with Crippen molar-refractivity contribution in [2.45, 2.75) is 32.0 Å². The monoisotopic (exact) mass is 367 g/mol. The highest BCUT2D eigenvalue weighted by atomic mass is 19.1. The van der Waals surface area contributed by atoms with Crippen molar-refractivity contribution >= 4 is 5.91 Å². The molecule has 4 rings (SSSR count). The Morgan fingerprint density at radius 2 is 1.81 bits per heavy atom. The zero-order valence-electron chi connectivity index (χ0n) is 15.3. The highest BCUT2D eigenvalue weighted by Crippen LogP contribution is 2.47. The molecule has 1 fully saturated rings. The number of ether oxygens (including phenoxy) is 2. The molecule has 1 saturated heterocycles. The summed E-state index contributed by atoms with van der Waals surface area (Å²) in [7, 11) is 0. The Morgan fingerprint density at radius 3 is 2.44 bits per heavy atom. The van der Waals surface area contributed by atoms with Crippen LogP contribution in [0.4, 0.5) is 4.39 Å². The van der Waals surface area contributed by atoms with Gasteiger partial charge in [-0.2, -0.15) is 0 Å². The lowest BCUT2D eigenvalue weighted by Gasteiger charge is -2.27. The zero-order valence-corrected chi connectivity index (χ0v) is 15.3. The van der Waals surface area contributed by atoms with Crippen LogP contribution in [0.5, 0.6) is 11.5 Å². The summed E-state index contributed by atoms with van der Waals surface area (Å²) in [5, 5.41) is 0. The second-order valence-corrected chi connectivity index (χ2v) is 7.09. The van der Waals surface area contributed by atoms with E-state index < -0.39 is 11.6 Å². The molecule has 140 valence electrons. The Balaban J connectivity index is 1.69. The van der Waals surface area contributed by atoms with E-state index >= 15 is 0 Å². The molecule has 2 aliphatic rings. The Labute approximate surface area is 158 Å². The summed E-state index contributed by atoms with van der Waals surface area (Å²) in [6, 6.07) is 10.5. The standard InChI is InChI=1S/C22H22FNO3/c1-3-10-22(16-8-6-15(2)7-9-16)26-19-13-17(18(23)14-20(19)27-22)21(25)24-11-4-5-12-24/h3,6-9,13-14H,1,4-5,10-12H2,2H3. The van der Waals surface area contributed by atoms with E-state index in [-0.39, 0.29) is 11.5 Å². The summed E-state index contributed by atoms with van der Waals surface area (Å²) in [6.07, 6.45) is 4.00. The number of likely N-dealkylation sites (tertiary alicyclic amines) is 1. The maximum absolute atomic E-state index is 14.6. The average Bonchev–Trinajstić information content (AvgIpc) is 3.29. The fraction of sp³-hybridized carbons (Fsp3) is 0.318. The van der Waals surface area contributed by atoms with Crippen molar-refractivity contribution in [3.05, 3.63) is 71.6 Å². The molecule has 5 heteroatoms. The topological polar surface area (TPSA) is 38.8 Å². The Morgan fingerprint density at radius 1 is 1.19 bits per heavy atom. The third kappa shape index (κ3) is 3.07. The van der Waals surface area contributed by atoms with Crippen LogP contribution >= 0.6 is 0 Å². The maximum Gasteiger partial charge on any atom is 0.281 e. The quantitative estimate of drug-likeness (QED) is 0.743. The largest absolute Gasteiger partial charge is 0.444 e. The van der Waals surface area contributed by atoms with Crippen molar-refractivity contribution in [1.29, 1.82) is 0 Å². The molecule has 1 amide bonds. The molecular formula is C22H22FNO3. The molecule has 1 atom stereocenters. The van der Waals surface area contributed by atoms with Crippen LogP contribution in [0.3, 0.4) is 0 Å². The molecule has 27 heavy (non-hydrogen) atoms. The lowest BCUT2D eigenvalue weighted by atomic mass is 10.0. The van der Waals surface area contributed by atoms with Gasteiger partial charge in [0.05, 0.1) is 5.56 Å². The molecule has 2 heterocycles. The van der Waals surface area contributed by atoms with Crippen molar-refractivity contribution in [1.82, 2.24) is 4.90 Å². The van der Waals surface area contributed by atoms with Crippen LogP contribution in [-0.2, 0) is 5.79 Å². The van der Waals surface area contributed by atoms with Gasteiger partial charge in [-0.05, 0) is 25.8 Å². The molecule has 1 unspecified atom stereocenters. The van der Waals surface area contributed by atoms with E-state index in [4.69, 9.17) is 9.47 Å². The first-order valence-corrected chi connectivity index (χ1v) is 9.21.